The van der Waals surface area contributed by atoms with E-state index in [0.717, 1.165) is 28.3 Å². The van der Waals surface area contributed by atoms with Gasteiger partial charge >= 0.3 is 0 Å². The molecule has 4 saturated carbocycles. The van der Waals surface area contributed by atoms with Gasteiger partial charge < -0.3 is 10.2 Å². The van der Waals surface area contributed by atoms with Crippen LogP contribution < -0.4 is 9.62 Å². The number of carbonyl (C=O) groups is 2. The Kier molecular flexibility index (Phi) is 8.96. The number of hydrogen-bond acceptors (Lipinski definition) is 4. The fourth-order valence-corrected chi connectivity index (χ4v) is 8.95. The van der Waals surface area contributed by atoms with Crippen molar-refractivity contribution in [2.24, 2.45) is 23.7 Å². The summed E-state index contributed by atoms with van der Waals surface area (Å²) in [5.74, 6) is 1.91. The minimum atomic E-state index is -3.79. The summed E-state index contributed by atoms with van der Waals surface area (Å²) >= 11 is 6.42. The quantitative estimate of drug-likeness (QED) is 0.349. The number of nitrogens with one attached hydrogen (secondary N) is 1. The first-order valence-corrected chi connectivity index (χ1v) is 17.5. The van der Waals surface area contributed by atoms with E-state index in [1.54, 1.807) is 25.1 Å². The minimum Gasteiger partial charge on any atom is -0.354 e. The van der Waals surface area contributed by atoms with Crippen LogP contribution in [0.25, 0.3) is 0 Å². The van der Waals surface area contributed by atoms with Crippen molar-refractivity contribution >= 4 is 39.1 Å². The third-order valence-corrected chi connectivity index (χ3v) is 11.1. The van der Waals surface area contributed by atoms with Crippen LogP contribution in [0, 0.1) is 23.7 Å². The lowest BCUT2D eigenvalue weighted by molar-refractivity contribution is -0.139. The molecule has 42 heavy (non-hydrogen) atoms. The van der Waals surface area contributed by atoms with Crippen LogP contribution in [-0.4, -0.2) is 50.5 Å². The van der Waals surface area contributed by atoms with Crippen molar-refractivity contribution in [2.75, 3.05) is 23.7 Å². The predicted molar refractivity (Wildman–Crippen MR) is 168 cm³/mol. The van der Waals surface area contributed by atoms with Crippen LogP contribution in [0.3, 0.4) is 0 Å². The predicted octanol–water partition coefficient (Wildman–Crippen LogP) is 5.76. The van der Waals surface area contributed by atoms with Crippen LogP contribution in [0.5, 0.6) is 0 Å². The summed E-state index contributed by atoms with van der Waals surface area (Å²) < 4.78 is 27.2. The van der Waals surface area contributed by atoms with Gasteiger partial charge in [0.2, 0.25) is 21.8 Å². The summed E-state index contributed by atoms with van der Waals surface area (Å²) in [5.41, 5.74) is 2.63. The molecule has 1 N–H and O–H groups in total. The van der Waals surface area contributed by atoms with Crippen molar-refractivity contribution < 1.29 is 18.0 Å². The monoisotopic (exact) mass is 613 g/mol. The zero-order valence-electron chi connectivity index (χ0n) is 25.2. The zero-order chi connectivity index (χ0) is 30.2. The highest BCUT2D eigenvalue weighted by Gasteiger charge is 2.51. The fraction of sp³-hybridized carbons (Fsp3) is 0.576. The molecule has 0 spiro atoms. The highest BCUT2D eigenvalue weighted by atomic mass is 35.5. The van der Waals surface area contributed by atoms with Crippen molar-refractivity contribution in [1.29, 1.82) is 0 Å². The number of amides is 2. The van der Waals surface area contributed by atoms with Gasteiger partial charge in [-0.1, -0.05) is 55.8 Å². The molecule has 228 valence electrons. The molecular weight excluding hydrogens is 570 g/mol. The van der Waals surface area contributed by atoms with Gasteiger partial charge in [-0.15, -0.1) is 0 Å². The maximum Gasteiger partial charge on any atom is 0.244 e. The molecule has 4 aliphatic rings. The minimum absolute atomic E-state index is 0.0807. The fourth-order valence-electron chi connectivity index (χ4n) is 7.90. The Bertz CT molecular complexity index is 1370. The summed E-state index contributed by atoms with van der Waals surface area (Å²) in [6, 6.07) is 14.2. The van der Waals surface area contributed by atoms with E-state index in [-0.39, 0.29) is 23.8 Å². The van der Waals surface area contributed by atoms with Crippen molar-refractivity contribution in [3.63, 3.8) is 0 Å². The molecule has 1 atom stereocenters. The first kappa shape index (κ1) is 30.9. The van der Waals surface area contributed by atoms with Gasteiger partial charge in [0, 0.05) is 18.1 Å². The third-order valence-electron chi connectivity index (χ3n) is 9.64. The summed E-state index contributed by atoms with van der Waals surface area (Å²) in [4.78, 5) is 28.3. The summed E-state index contributed by atoms with van der Waals surface area (Å²) in [6.45, 7) is 5.80. The van der Waals surface area contributed by atoms with Crippen molar-refractivity contribution in [3.8, 4) is 0 Å². The molecule has 0 heterocycles. The van der Waals surface area contributed by atoms with E-state index in [0.29, 0.717) is 22.8 Å². The SMILES string of the molecule is CC(C)CNC(=O)[C@H](C)N(Cc1ccccc1Cl)C(=O)CN(c1ccc(C23CC4CC(CC(C4)C2)C3)cc1)S(C)(=O)=O. The molecule has 0 unspecified atom stereocenters. The smallest absolute Gasteiger partial charge is 0.244 e. The second-order valence-corrected chi connectivity index (χ2v) is 15.8. The Balaban J connectivity index is 1.38. The van der Waals surface area contributed by atoms with Crippen LogP contribution >= 0.6 is 11.6 Å². The lowest BCUT2D eigenvalue weighted by Gasteiger charge is -2.57. The van der Waals surface area contributed by atoms with Crippen molar-refractivity contribution in [1.82, 2.24) is 10.2 Å². The second-order valence-electron chi connectivity index (χ2n) is 13.4. The number of anilines is 1. The van der Waals surface area contributed by atoms with Gasteiger partial charge in [0.25, 0.3) is 0 Å². The summed E-state index contributed by atoms with van der Waals surface area (Å²) in [7, 11) is -3.79. The van der Waals surface area contributed by atoms with E-state index in [1.807, 2.05) is 32.0 Å². The van der Waals surface area contributed by atoms with E-state index in [1.165, 1.54) is 49.0 Å². The second kappa shape index (κ2) is 12.2. The Morgan fingerprint density at radius 1 is 0.952 bits per heavy atom. The third kappa shape index (κ3) is 6.65. The number of sulfonamides is 1. The maximum atomic E-state index is 13.9. The molecule has 9 heteroatoms. The van der Waals surface area contributed by atoms with Crippen molar-refractivity contribution in [2.45, 2.75) is 77.3 Å². The molecule has 2 amide bonds. The number of rotatable bonds is 11. The zero-order valence-corrected chi connectivity index (χ0v) is 26.8. The lowest BCUT2D eigenvalue weighted by atomic mass is 9.48. The van der Waals surface area contributed by atoms with Crippen LogP contribution in [0.4, 0.5) is 5.69 Å². The molecule has 0 aromatic heterocycles. The van der Waals surface area contributed by atoms with Gasteiger partial charge in [0.15, 0.2) is 0 Å². The average molecular weight is 614 g/mol. The lowest BCUT2D eigenvalue weighted by Crippen LogP contribution is -2.51. The number of carbonyl (C=O) groups excluding carboxylic acids is 2. The van der Waals surface area contributed by atoms with E-state index >= 15 is 0 Å². The number of benzene rings is 2. The molecule has 0 saturated heterocycles. The largest absolute Gasteiger partial charge is 0.354 e. The first-order chi connectivity index (χ1) is 19.8. The Morgan fingerprint density at radius 3 is 2.05 bits per heavy atom. The molecule has 2 aromatic carbocycles. The highest BCUT2D eigenvalue weighted by molar-refractivity contribution is 7.92. The van der Waals surface area contributed by atoms with Gasteiger partial charge in [-0.25, -0.2) is 8.42 Å². The standard InChI is InChI=1S/C33H44ClN3O4S/c1-22(2)19-35-32(39)23(3)36(20-27-7-5-6-8-30(27)34)31(38)21-37(42(4,40)41)29-11-9-28(10-12-29)33-16-24-13-25(17-33)15-26(14-24)18-33/h5-12,22-26H,13-21H2,1-4H3,(H,35,39)/t23-,24?,25?,26?,33?/m0/s1. The van der Waals surface area contributed by atoms with Crippen LogP contribution in [0.2, 0.25) is 5.02 Å². The van der Waals surface area contributed by atoms with E-state index in [9.17, 15) is 18.0 Å². The molecule has 7 nitrogen and oxygen atoms in total. The number of hydrogen-bond donors (Lipinski definition) is 1. The topological polar surface area (TPSA) is 86.8 Å². The van der Waals surface area contributed by atoms with Gasteiger partial charge in [0.05, 0.1) is 11.9 Å². The average Bonchev–Trinajstić information content (AvgIpc) is 2.92. The molecule has 4 fully saturated rings. The molecule has 0 radical (unpaired) electrons. The normalized spacial score (nSPS) is 25.3. The van der Waals surface area contributed by atoms with Gasteiger partial charge in [-0.2, -0.15) is 0 Å². The van der Waals surface area contributed by atoms with Crippen molar-refractivity contribution in [3.05, 3.63) is 64.7 Å². The first-order valence-electron chi connectivity index (χ1n) is 15.2. The summed E-state index contributed by atoms with van der Waals surface area (Å²) in [6.07, 6.45) is 8.87. The molecule has 4 bridgehead atoms. The Morgan fingerprint density at radius 2 is 1.52 bits per heavy atom. The van der Waals surface area contributed by atoms with Crippen LogP contribution in [0.1, 0.15) is 70.4 Å². The molecule has 0 aliphatic heterocycles. The van der Waals surface area contributed by atoms with Crippen LogP contribution in [0.15, 0.2) is 48.5 Å². The number of halogens is 1. The molecule has 6 rings (SSSR count). The molecule has 2 aromatic rings. The molecular formula is C33H44ClN3O4S. The number of nitrogens with zero attached hydrogens (tertiary/aromatic N) is 2. The summed E-state index contributed by atoms with van der Waals surface area (Å²) in [5, 5.41) is 3.37. The molecule has 4 aliphatic carbocycles. The van der Waals surface area contributed by atoms with Gasteiger partial charge in [0.1, 0.15) is 12.6 Å². The van der Waals surface area contributed by atoms with E-state index in [4.69, 9.17) is 11.6 Å². The maximum absolute atomic E-state index is 13.9. The van der Waals surface area contributed by atoms with Crippen LogP contribution in [-0.2, 0) is 31.6 Å². The Labute approximate surface area is 256 Å². The van der Waals surface area contributed by atoms with E-state index in [2.05, 4.69) is 17.4 Å². The van der Waals surface area contributed by atoms with Gasteiger partial charge in [-0.05, 0) is 104 Å². The van der Waals surface area contributed by atoms with Gasteiger partial charge in [-0.3, -0.25) is 13.9 Å². The van der Waals surface area contributed by atoms with E-state index < -0.39 is 28.5 Å². The highest BCUT2D eigenvalue weighted by Crippen LogP contribution is 2.60. The Hall–Kier alpha value is -2.58.